The Bertz CT molecular complexity index is 1630. The number of hydrogen-bond donors (Lipinski definition) is 3. The van der Waals surface area contributed by atoms with Crippen LogP contribution in [0.5, 0.6) is 17.2 Å². The second kappa shape index (κ2) is 11.1. The van der Waals surface area contributed by atoms with E-state index in [1.165, 1.54) is 6.40 Å². The van der Waals surface area contributed by atoms with Crippen molar-refractivity contribution in [3.63, 3.8) is 0 Å². The minimum Gasteiger partial charge on any atom is -0.493 e. The minimum atomic E-state index is -0.909. The van der Waals surface area contributed by atoms with Gasteiger partial charge in [0.25, 0.3) is 0 Å². The Balaban J connectivity index is 1.33. The molecule has 5 rings (SSSR count). The minimum absolute atomic E-state index is 0.326. The first-order valence-corrected chi connectivity index (χ1v) is 12.7. The number of aliphatic carboxylic acids is 1. The number of carbonyl (C=O) groups is 1. The van der Waals surface area contributed by atoms with Crippen molar-refractivity contribution < 1.29 is 24.1 Å². The highest BCUT2D eigenvalue weighted by Gasteiger charge is 2.33. The van der Waals surface area contributed by atoms with E-state index in [4.69, 9.17) is 38.6 Å². The third-order valence-electron chi connectivity index (χ3n) is 6.45. The Hall–Kier alpha value is -4.42. The number of H-pyrrole nitrogens is 2. The predicted octanol–water partition coefficient (Wildman–Crippen LogP) is 5.36. The summed E-state index contributed by atoms with van der Waals surface area (Å²) in [5.74, 6) is 0.800. The normalized spacial score (nSPS) is 14.7. The summed E-state index contributed by atoms with van der Waals surface area (Å²) >= 11 is 10.5. The first kappa shape index (κ1) is 26.2. The van der Waals surface area contributed by atoms with Crippen molar-refractivity contribution in [3.8, 4) is 22.9 Å². The average Bonchev–Trinajstić information content (AvgIpc) is 3.29. The number of rotatable bonds is 8. The molecule has 0 bridgehead atoms. The van der Waals surface area contributed by atoms with Crippen LogP contribution in [0.4, 0.5) is 11.4 Å². The number of hydrogen-bond acceptors (Lipinski definition) is 8. The number of anilines is 1. The van der Waals surface area contributed by atoms with E-state index < -0.39 is 12.0 Å². The fourth-order valence-corrected chi connectivity index (χ4v) is 5.07. The van der Waals surface area contributed by atoms with E-state index in [9.17, 15) is 9.90 Å². The van der Waals surface area contributed by atoms with Gasteiger partial charge in [-0.15, -0.1) is 0 Å². The molecule has 10 nitrogen and oxygen atoms in total. The molecule has 4 aromatic rings. The zero-order chi connectivity index (χ0) is 27.5. The number of ether oxygens (including phenoxy) is 3. The van der Waals surface area contributed by atoms with Crippen molar-refractivity contribution in [1.29, 1.82) is 0 Å². The molecule has 39 heavy (non-hydrogen) atoms. The number of aliphatic imine (C=N–C) groups is 1. The molecule has 1 aromatic heterocycles. The second-order valence-corrected chi connectivity index (χ2v) is 9.50. The number of methoxy groups -OCH3 is 2. The van der Waals surface area contributed by atoms with E-state index in [0.717, 1.165) is 22.5 Å². The molecular formula is C27H25N5O5S2. The number of aromatic amines is 2. The van der Waals surface area contributed by atoms with E-state index in [1.807, 2.05) is 53.4 Å². The van der Waals surface area contributed by atoms with Crippen LogP contribution in [0.3, 0.4) is 0 Å². The molecule has 0 fully saturated rings. The molecule has 3 aromatic carbocycles. The maximum absolute atomic E-state index is 12.2. The first-order valence-electron chi connectivity index (χ1n) is 11.9. The fraction of sp³-hybridized carbons (Fsp3) is 0.185. The van der Waals surface area contributed by atoms with E-state index in [1.54, 1.807) is 30.9 Å². The van der Waals surface area contributed by atoms with Crippen LogP contribution in [0, 0.1) is 9.54 Å². The highest BCUT2D eigenvalue weighted by atomic mass is 32.1. The number of fused-ring (bicyclic) bond motifs is 1. The lowest BCUT2D eigenvalue weighted by Gasteiger charge is -2.36. The highest BCUT2D eigenvalue weighted by molar-refractivity contribution is 7.72. The van der Waals surface area contributed by atoms with E-state index in [0.29, 0.717) is 45.4 Å². The van der Waals surface area contributed by atoms with Crippen LogP contribution in [0.25, 0.3) is 5.69 Å². The second-order valence-electron chi connectivity index (χ2n) is 8.72. The number of nitrogens with one attached hydrogen (secondary N) is 2. The van der Waals surface area contributed by atoms with Crippen LogP contribution in [-0.4, -0.2) is 52.5 Å². The summed E-state index contributed by atoms with van der Waals surface area (Å²) in [4.78, 5) is 18.4. The van der Waals surface area contributed by atoms with Gasteiger partial charge in [-0.3, -0.25) is 14.8 Å². The molecule has 1 aliphatic rings. The topological polar surface area (TPSA) is 117 Å². The Morgan fingerprint density at radius 1 is 0.974 bits per heavy atom. The molecule has 2 heterocycles. The lowest BCUT2D eigenvalue weighted by Crippen LogP contribution is -2.45. The van der Waals surface area contributed by atoms with Crippen molar-refractivity contribution in [2.45, 2.75) is 19.0 Å². The maximum Gasteiger partial charge on any atom is 0.326 e. The summed E-state index contributed by atoms with van der Waals surface area (Å²) in [6, 6.07) is 17.6. The van der Waals surface area contributed by atoms with Gasteiger partial charge in [-0.05, 0) is 84.1 Å². The quantitative estimate of drug-likeness (QED) is 0.149. The molecule has 0 aliphatic carbocycles. The van der Waals surface area contributed by atoms with Gasteiger partial charge in [0, 0.05) is 24.7 Å². The van der Waals surface area contributed by atoms with Crippen molar-refractivity contribution >= 4 is 48.2 Å². The Kier molecular flexibility index (Phi) is 7.48. The monoisotopic (exact) mass is 563 g/mol. The average molecular weight is 564 g/mol. The van der Waals surface area contributed by atoms with E-state index >= 15 is 0 Å². The SMILES string of the molecule is COc1cc2c(cc1OC)CN(c1cccc(OC=Nc3ccc(-n4c(=S)[nH][nH]c4=S)cc3)c1)C(C(=O)O)C2. The summed E-state index contributed by atoms with van der Waals surface area (Å²) in [5, 5.41) is 15.6. The Labute approximate surface area is 234 Å². The molecule has 1 unspecified atom stereocenters. The standard InChI is InChI=1S/C27H25N5O5S2/c1-35-23-11-16-10-22(25(33)34)31(14-17(16)12-24(23)36-2)20-4-3-5-21(13-20)37-15-28-18-6-8-19(9-7-18)32-26(38)29-30-27(32)39/h3-9,11-13,15,22H,10,14H2,1-2H3,(H,29,38)(H,30,39)(H,33,34). The smallest absolute Gasteiger partial charge is 0.326 e. The van der Waals surface area contributed by atoms with Crippen LogP contribution in [0.1, 0.15) is 11.1 Å². The van der Waals surface area contributed by atoms with Gasteiger partial charge in [-0.1, -0.05) is 6.07 Å². The summed E-state index contributed by atoms with van der Waals surface area (Å²) in [7, 11) is 3.14. The number of carboxylic acid groups (broad SMARTS) is 1. The zero-order valence-corrected chi connectivity index (χ0v) is 22.7. The Morgan fingerprint density at radius 2 is 1.64 bits per heavy atom. The van der Waals surface area contributed by atoms with Crippen LogP contribution in [0.15, 0.2) is 65.7 Å². The molecule has 1 atom stereocenters. The molecule has 0 radical (unpaired) electrons. The van der Waals surface area contributed by atoms with Crippen molar-refractivity contribution in [3.05, 3.63) is 81.3 Å². The van der Waals surface area contributed by atoms with Gasteiger partial charge < -0.3 is 24.2 Å². The van der Waals surface area contributed by atoms with Gasteiger partial charge in [-0.25, -0.2) is 9.79 Å². The third-order valence-corrected chi connectivity index (χ3v) is 7.02. The van der Waals surface area contributed by atoms with Crippen molar-refractivity contribution in [2.75, 3.05) is 19.1 Å². The number of aromatic nitrogens is 3. The van der Waals surface area contributed by atoms with Crippen LogP contribution < -0.4 is 19.1 Å². The summed E-state index contributed by atoms with van der Waals surface area (Å²) < 4.78 is 19.3. The number of benzene rings is 3. The number of nitrogens with zero attached hydrogens (tertiary/aromatic N) is 3. The molecule has 12 heteroatoms. The molecule has 0 amide bonds. The molecule has 0 saturated carbocycles. The van der Waals surface area contributed by atoms with Crippen LogP contribution in [-0.2, 0) is 17.8 Å². The lowest BCUT2D eigenvalue weighted by atomic mass is 9.92. The zero-order valence-electron chi connectivity index (χ0n) is 21.1. The van der Waals surface area contributed by atoms with Crippen LogP contribution in [0.2, 0.25) is 0 Å². The van der Waals surface area contributed by atoms with Crippen molar-refractivity contribution in [2.24, 2.45) is 4.99 Å². The van der Waals surface area contributed by atoms with Gasteiger partial charge in [0.1, 0.15) is 11.8 Å². The Morgan fingerprint density at radius 3 is 2.28 bits per heavy atom. The van der Waals surface area contributed by atoms with Gasteiger partial charge in [0.2, 0.25) is 0 Å². The molecule has 200 valence electrons. The van der Waals surface area contributed by atoms with E-state index in [-0.39, 0.29) is 0 Å². The fourth-order valence-electron chi connectivity index (χ4n) is 4.52. The first-order chi connectivity index (χ1) is 18.9. The molecule has 0 spiro atoms. The molecule has 0 saturated heterocycles. The van der Waals surface area contributed by atoms with Gasteiger partial charge in [0.15, 0.2) is 27.4 Å². The lowest BCUT2D eigenvalue weighted by molar-refractivity contribution is -0.138. The van der Waals surface area contributed by atoms with Crippen molar-refractivity contribution in [1.82, 2.24) is 14.8 Å². The summed E-state index contributed by atoms with van der Waals surface area (Å²) in [6.45, 7) is 0.394. The molecular weight excluding hydrogens is 538 g/mol. The van der Waals surface area contributed by atoms with Crippen LogP contribution >= 0.6 is 24.4 Å². The summed E-state index contributed by atoms with van der Waals surface area (Å²) in [5.41, 5.74) is 4.10. The van der Waals surface area contributed by atoms with Gasteiger partial charge in [0.05, 0.1) is 25.6 Å². The maximum atomic E-state index is 12.2. The number of carboxylic acids is 1. The van der Waals surface area contributed by atoms with Gasteiger partial charge in [-0.2, -0.15) is 0 Å². The highest BCUT2D eigenvalue weighted by Crippen LogP contribution is 2.37. The largest absolute Gasteiger partial charge is 0.493 e. The molecule has 1 aliphatic heterocycles. The predicted molar refractivity (Wildman–Crippen MR) is 152 cm³/mol. The molecule has 3 N–H and O–H groups in total. The van der Waals surface area contributed by atoms with Gasteiger partial charge >= 0.3 is 5.97 Å². The van der Waals surface area contributed by atoms with E-state index in [2.05, 4.69) is 15.2 Å². The summed E-state index contributed by atoms with van der Waals surface area (Å²) in [6.07, 6.45) is 1.67. The third kappa shape index (κ3) is 5.42.